The molecule has 25 heavy (non-hydrogen) atoms. The van der Waals surface area contributed by atoms with Gasteiger partial charge in [0.15, 0.2) is 0 Å². The molecular weight excluding hydrogens is 319 g/mol. The topological polar surface area (TPSA) is 44.7 Å². The van der Waals surface area contributed by atoms with Crippen LogP contribution in [0.5, 0.6) is 0 Å². The van der Waals surface area contributed by atoms with Crippen LogP contribution in [0, 0.1) is 5.82 Å². The Morgan fingerprint density at radius 2 is 2.12 bits per heavy atom. The van der Waals surface area contributed by atoms with Crippen molar-refractivity contribution in [1.82, 2.24) is 10.2 Å². The predicted octanol–water partition coefficient (Wildman–Crippen LogP) is 2.01. The summed E-state index contributed by atoms with van der Waals surface area (Å²) in [5, 5.41) is 13.8. The molecule has 0 unspecified atom stereocenters. The number of rotatable bonds is 3. The van der Waals surface area contributed by atoms with E-state index in [9.17, 15) is 9.50 Å². The zero-order valence-electron chi connectivity index (χ0n) is 14.4. The summed E-state index contributed by atoms with van der Waals surface area (Å²) >= 11 is 0. The second-order valence-corrected chi connectivity index (χ2v) is 7.04. The number of nitrogens with zero attached hydrogens (tertiary/aromatic N) is 1. The molecule has 0 saturated carbocycles. The highest BCUT2D eigenvalue weighted by molar-refractivity contribution is 5.43. The average molecular weight is 344 g/mol. The summed E-state index contributed by atoms with van der Waals surface area (Å²) in [5.41, 5.74) is 5.20. The van der Waals surface area contributed by atoms with E-state index < -0.39 is 6.10 Å². The maximum atomic E-state index is 13.2. The summed E-state index contributed by atoms with van der Waals surface area (Å²) in [6, 6.07) is 6.92. The fraction of sp³-hybridized carbons (Fsp3) is 0.500. The van der Waals surface area contributed by atoms with Crippen molar-refractivity contribution in [2.45, 2.75) is 31.4 Å². The maximum Gasteiger partial charge on any atom is 0.123 e. The first-order chi connectivity index (χ1) is 12.2. The van der Waals surface area contributed by atoms with Crippen molar-refractivity contribution in [1.29, 1.82) is 0 Å². The lowest BCUT2D eigenvalue weighted by Gasteiger charge is -2.44. The highest BCUT2D eigenvalue weighted by Crippen LogP contribution is 2.33. The Balaban J connectivity index is 1.58. The molecule has 3 aliphatic heterocycles. The van der Waals surface area contributed by atoms with E-state index in [1.165, 1.54) is 29.0 Å². The third-order valence-corrected chi connectivity index (χ3v) is 5.46. The van der Waals surface area contributed by atoms with Gasteiger partial charge in [-0.2, -0.15) is 0 Å². The summed E-state index contributed by atoms with van der Waals surface area (Å²) in [7, 11) is 0. The quantitative estimate of drug-likeness (QED) is 0.880. The Morgan fingerprint density at radius 3 is 2.92 bits per heavy atom. The Kier molecular flexibility index (Phi) is 4.88. The Morgan fingerprint density at radius 1 is 1.28 bits per heavy atom. The van der Waals surface area contributed by atoms with E-state index in [-0.39, 0.29) is 11.9 Å². The van der Waals surface area contributed by atoms with Crippen molar-refractivity contribution in [3.8, 4) is 0 Å². The van der Waals surface area contributed by atoms with E-state index in [4.69, 9.17) is 4.74 Å². The van der Waals surface area contributed by atoms with Gasteiger partial charge in [0.1, 0.15) is 5.82 Å². The van der Waals surface area contributed by atoms with Gasteiger partial charge < -0.3 is 20.1 Å². The number of allylic oxidation sites excluding steroid dienone is 1. The molecule has 4 nitrogen and oxygen atoms in total. The molecule has 0 amide bonds. The molecule has 1 aromatic rings. The highest BCUT2D eigenvalue weighted by Gasteiger charge is 2.34. The lowest BCUT2D eigenvalue weighted by atomic mass is 9.88. The molecule has 2 N–H and O–H groups in total. The van der Waals surface area contributed by atoms with Crippen molar-refractivity contribution in [2.24, 2.45) is 0 Å². The fourth-order valence-corrected chi connectivity index (χ4v) is 4.15. The number of ether oxygens (including phenoxy) is 1. The van der Waals surface area contributed by atoms with Crippen LogP contribution in [0.1, 0.15) is 18.4 Å². The van der Waals surface area contributed by atoms with Gasteiger partial charge in [-0.3, -0.25) is 0 Å². The Bertz CT molecular complexity index is 683. The first kappa shape index (κ1) is 16.8. The molecule has 5 heteroatoms. The number of hydrogen-bond donors (Lipinski definition) is 2. The van der Waals surface area contributed by atoms with Crippen LogP contribution in [0.15, 0.2) is 47.2 Å². The van der Waals surface area contributed by atoms with E-state index in [2.05, 4.69) is 16.3 Å². The molecule has 1 fully saturated rings. The van der Waals surface area contributed by atoms with E-state index in [1.54, 1.807) is 0 Å². The summed E-state index contributed by atoms with van der Waals surface area (Å²) in [6.45, 7) is 3.77. The number of benzene rings is 1. The second kappa shape index (κ2) is 7.28. The molecule has 0 aliphatic carbocycles. The molecule has 0 radical (unpaired) electrons. The van der Waals surface area contributed by atoms with Crippen LogP contribution in [-0.2, 0) is 11.2 Å². The first-order valence-corrected chi connectivity index (χ1v) is 9.11. The van der Waals surface area contributed by atoms with E-state index in [0.29, 0.717) is 13.2 Å². The van der Waals surface area contributed by atoms with Gasteiger partial charge in [-0.25, -0.2) is 4.39 Å². The van der Waals surface area contributed by atoms with E-state index in [0.717, 1.165) is 44.5 Å². The monoisotopic (exact) mass is 344 g/mol. The summed E-state index contributed by atoms with van der Waals surface area (Å²) in [4.78, 5) is 2.36. The molecule has 1 saturated heterocycles. The molecule has 3 heterocycles. The van der Waals surface area contributed by atoms with Crippen LogP contribution in [0.2, 0.25) is 0 Å². The van der Waals surface area contributed by atoms with Crippen LogP contribution in [0.25, 0.3) is 0 Å². The smallest absolute Gasteiger partial charge is 0.123 e. The fourth-order valence-electron chi connectivity index (χ4n) is 4.15. The number of halogens is 1. The van der Waals surface area contributed by atoms with Crippen LogP contribution in [0.4, 0.5) is 4.39 Å². The third kappa shape index (κ3) is 3.50. The minimum atomic E-state index is -0.434. The van der Waals surface area contributed by atoms with Crippen LogP contribution < -0.4 is 5.32 Å². The van der Waals surface area contributed by atoms with Crippen molar-refractivity contribution in [3.63, 3.8) is 0 Å². The van der Waals surface area contributed by atoms with Crippen molar-refractivity contribution < 1.29 is 14.2 Å². The van der Waals surface area contributed by atoms with Gasteiger partial charge in [0.05, 0.1) is 18.8 Å². The van der Waals surface area contributed by atoms with Gasteiger partial charge in [-0.15, -0.1) is 0 Å². The molecule has 0 spiro atoms. The largest absolute Gasteiger partial charge is 0.389 e. The number of aliphatic hydroxyl groups is 1. The van der Waals surface area contributed by atoms with Crippen molar-refractivity contribution >= 4 is 0 Å². The lowest BCUT2D eigenvalue weighted by molar-refractivity contribution is -0.0556. The normalized spacial score (nSPS) is 27.1. The summed E-state index contributed by atoms with van der Waals surface area (Å²) < 4.78 is 18.5. The summed E-state index contributed by atoms with van der Waals surface area (Å²) in [5.74, 6) is -0.192. The maximum absolute atomic E-state index is 13.2. The van der Waals surface area contributed by atoms with Crippen LogP contribution in [0.3, 0.4) is 0 Å². The van der Waals surface area contributed by atoms with Crippen LogP contribution >= 0.6 is 0 Å². The Labute approximate surface area is 148 Å². The SMILES string of the molecule is O[C@@H]1COCC[C@H]1N1CC=C(Cc2ccc(F)cc2)C2=C1CNCC2. The standard InChI is InChI=1S/C20H25FN2O2/c21-16-3-1-14(2-4-16)11-15-6-9-23(18-7-10-25-13-20(18)24)19-12-22-8-5-17(15)19/h1-4,6,18,20,22,24H,5,7-13H2/t18-,20-/m1/s1. The van der Waals surface area contributed by atoms with Crippen molar-refractivity contribution in [2.75, 3.05) is 32.8 Å². The molecule has 134 valence electrons. The van der Waals surface area contributed by atoms with E-state index >= 15 is 0 Å². The molecule has 1 aromatic carbocycles. The molecule has 2 atom stereocenters. The zero-order valence-corrected chi connectivity index (χ0v) is 14.4. The summed E-state index contributed by atoms with van der Waals surface area (Å²) in [6.07, 6.45) is 4.55. The van der Waals surface area contributed by atoms with Gasteiger partial charge in [0.2, 0.25) is 0 Å². The first-order valence-electron chi connectivity index (χ1n) is 9.11. The van der Waals surface area contributed by atoms with Crippen molar-refractivity contribution in [3.05, 3.63) is 58.6 Å². The Hall–Kier alpha value is -1.69. The number of hydrogen-bond acceptors (Lipinski definition) is 4. The van der Waals surface area contributed by atoms with Gasteiger partial charge in [0, 0.05) is 25.4 Å². The van der Waals surface area contributed by atoms with Crippen LogP contribution in [-0.4, -0.2) is 55.0 Å². The molecule has 4 rings (SSSR count). The average Bonchev–Trinajstić information content (AvgIpc) is 2.65. The van der Waals surface area contributed by atoms with E-state index in [1.807, 2.05) is 12.1 Å². The number of nitrogens with one attached hydrogen (secondary N) is 1. The van der Waals surface area contributed by atoms with Gasteiger partial charge >= 0.3 is 0 Å². The lowest BCUT2D eigenvalue weighted by Crippen LogP contribution is -2.52. The zero-order chi connectivity index (χ0) is 17.2. The molecule has 0 aromatic heterocycles. The minimum Gasteiger partial charge on any atom is -0.389 e. The molecule has 0 bridgehead atoms. The van der Waals surface area contributed by atoms with Gasteiger partial charge in [-0.1, -0.05) is 18.2 Å². The second-order valence-electron chi connectivity index (χ2n) is 7.04. The van der Waals surface area contributed by atoms with Gasteiger partial charge in [-0.05, 0) is 54.6 Å². The minimum absolute atomic E-state index is 0.127. The van der Waals surface area contributed by atoms with Gasteiger partial charge in [0.25, 0.3) is 0 Å². The third-order valence-electron chi connectivity index (χ3n) is 5.46. The molecular formula is C20H25FN2O2. The number of aliphatic hydroxyl groups excluding tert-OH is 1. The predicted molar refractivity (Wildman–Crippen MR) is 94.6 cm³/mol. The molecule has 3 aliphatic rings. The highest BCUT2D eigenvalue weighted by atomic mass is 19.1.